The highest BCUT2D eigenvalue weighted by molar-refractivity contribution is 5.94. The van der Waals surface area contributed by atoms with Gasteiger partial charge in [-0.15, -0.1) is 10.2 Å². The number of nitriles is 1. The Kier molecular flexibility index (Phi) is 6.81. The van der Waals surface area contributed by atoms with E-state index in [0.29, 0.717) is 48.0 Å². The number of amides is 3. The number of benzene rings is 2. The summed E-state index contributed by atoms with van der Waals surface area (Å²) in [5.74, 6) is 0.616. The summed E-state index contributed by atoms with van der Waals surface area (Å²) in [6, 6.07) is 12.9. The first-order chi connectivity index (χ1) is 20.1. The summed E-state index contributed by atoms with van der Waals surface area (Å²) in [6.45, 7) is 3.96. The SMILES string of the molecule is Cc1nnc(C2(C[C@@H](C)NCC(=O)N3C(C#N)C[C@@H]4C[C@@H]43)c3ccc(C(N)=O)cc3CCc3cc(C(N)=O)ccc32)[nH]1. The standard InChI is InChI=1S/C31H34N8O3/c1-16(35-15-27(40)39-23(14-32)11-22-12-26(22)39)13-31(30-36-17(2)37-38-30)24-7-5-20(28(33)41)9-18(24)3-4-19-10-21(29(34)42)6-8-25(19)31/h5-10,16,22-23,26,35H,3-4,11-13,15H2,1-2H3,(H2,33,41)(H2,34,42)(H,36,37,38)/t16-,22-,23?,26+/m1/s1. The molecule has 1 saturated heterocycles. The van der Waals surface area contributed by atoms with Crippen molar-refractivity contribution in [2.45, 2.75) is 69.5 Å². The summed E-state index contributed by atoms with van der Waals surface area (Å²) in [5, 5.41) is 21.9. The van der Waals surface area contributed by atoms with E-state index < -0.39 is 17.2 Å². The van der Waals surface area contributed by atoms with Crippen molar-refractivity contribution < 1.29 is 14.4 Å². The van der Waals surface area contributed by atoms with Crippen molar-refractivity contribution in [1.82, 2.24) is 25.4 Å². The summed E-state index contributed by atoms with van der Waals surface area (Å²) in [6.07, 6.45) is 3.42. The first-order valence-electron chi connectivity index (χ1n) is 14.3. The summed E-state index contributed by atoms with van der Waals surface area (Å²) < 4.78 is 0. The van der Waals surface area contributed by atoms with Gasteiger partial charge in [0.25, 0.3) is 0 Å². The summed E-state index contributed by atoms with van der Waals surface area (Å²) in [4.78, 5) is 42.6. The lowest BCUT2D eigenvalue weighted by Gasteiger charge is -2.37. The molecule has 1 aliphatic heterocycles. The molecule has 3 aromatic rings. The molecule has 0 bridgehead atoms. The number of likely N-dealkylation sites (tertiary alicyclic amines) is 1. The maximum Gasteiger partial charge on any atom is 0.248 e. The molecule has 6 N–H and O–H groups in total. The zero-order valence-corrected chi connectivity index (χ0v) is 23.7. The second kappa shape index (κ2) is 10.4. The van der Waals surface area contributed by atoms with Crippen LogP contribution in [0.5, 0.6) is 0 Å². The molecule has 1 aromatic heterocycles. The average Bonchev–Trinajstić information content (AvgIpc) is 3.46. The van der Waals surface area contributed by atoms with Crippen LogP contribution in [-0.2, 0) is 23.1 Å². The van der Waals surface area contributed by atoms with Gasteiger partial charge in [0, 0.05) is 23.2 Å². The number of nitrogens with one attached hydrogen (secondary N) is 2. The largest absolute Gasteiger partial charge is 0.366 e. The Morgan fingerprint density at radius 3 is 2.21 bits per heavy atom. The fraction of sp³-hybridized carbons (Fsp3) is 0.419. The normalized spacial score (nSPS) is 22.2. The number of rotatable bonds is 8. The van der Waals surface area contributed by atoms with Crippen molar-refractivity contribution in [2.24, 2.45) is 17.4 Å². The molecule has 216 valence electrons. The van der Waals surface area contributed by atoms with Crippen molar-refractivity contribution in [3.8, 4) is 6.07 Å². The van der Waals surface area contributed by atoms with Crippen molar-refractivity contribution in [3.05, 3.63) is 81.4 Å². The van der Waals surface area contributed by atoms with Crippen LogP contribution < -0.4 is 16.8 Å². The Hall–Kier alpha value is -4.56. The van der Waals surface area contributed by atoms with Crippen LogP contribution in [0.25, 0.3) is 0 Å². The van der Waals surface area contributed by atoms with Crippen LogP contribution in [0.2, 0.25) is 0 Å². The van der Waals surface area contributed by atoms with Crippen LogP contribution in [0.1, 0.15) is 80.8 Å². The van der Waals surface area contributed by atoms with E-state index in [0.717, 1.165) is 35.1 Å². The highest BCUT2D eigenvalue weighted by atomic mass is 16.2. The smallest absolute Gasteiger partial charge is 0.248 e. The number of primary amides is 2. The lowest BCUT2D eigenvalue weighted by atomic mass is 9.67. The second-order valence-corrected chi connectivity index (χ2v) is 11.9. The van der Waals surface area contributed by atoms with Gasteiger partial charge in [0.2, 0.25) is 17.7 Å². The monoisotopic (exact) mass is 566 g/mol. The third-order valence-corrected chi connectivity index (χ3v) is 9.12. The van der Waals surface area contributed by atoms with Gasteiger partial charge in [-0.2, -0.15) is 5.26 Å². The minimum Gasteiger partial charge on any atom is -0.366 e. The number of piperidine rings is 1. The molecule has 42 heavy (non-hydrogen) atoms. The predicted octanol–water partition coefficient (Wildman–Crippen LogP) is 1.63. The van der Waals surface area contributed by atoms with Gasteiger partial charge in [-0.1, -0.05) is 12.1 Å². The summed E-state index contributed by atoms with van der Waals surface area (Å²) in [5.41, 5.74) is 15.0. The zero-order valence-electron chi connectivity index (χ0n) is 23.7. The Morgan fingerprint density at radius 1 is 1.07 bits per heavy atom. The molecule has 2 heterocycles. The number of fused-ring (bicyclic) bond motifs is 3. The average molecular weight is 567 g/mol. The van der Waals surface area contributed by atoms with E-state index in [1.807, 2.05) is 38.1 Å². The minimum atomic E-state index is -0.866. The molecule has 3 aliphatic rings. The fourth-order valence-electron chi connectivity index (χ4n) is 7.08. The van der Waals surface area contributed by atoms with Gasteiger partial charge >= 0.3 is 0 Å². The quantitative estimate of drug-likeness (QED) is 0.319. The first-order valence-corrected chi connectivity index (χ1v) is 14.3. The number of carbonyl (C=O) groups is 3. The predicted molar refractivity (Wildman–Crippen MR) is 153 cm³/mol. The maximum absolute atomic E-state index is 13.3. The minimum absolute atomic E-state index is 0.0678. The van der Waals surface area contributed by atoms with Gasteiger partial charge in [-0.3, -0.25) is 14.4 Å². The van der Waals surface area contributed by atoms with E-state index in [1.165, 1.54) is 0 Å². The first kappa shape index (κ1) is 27.6. The molecule has 1 unspecified atom stereocenters. The second-order valence-electron chi connectivity index (χ2n) is 11.9. The van der Waals surface area contributed by atoms with Crippen LogP contribution in [0, 0.1) is 24.2 Å². The third kappa shape index (κ3) is 4.61. The number of aromatic nitrogens is 3. The molecule has 11 heteroatoms. The van der Waals surface area contributed by atoms with Crippen molar-refractivity contribution >= 4 is 17.7 Å². The Morgan fingerprint density at radius 2 is 1.69 bits per heavy atom. The molecule has 0 spiro atoms. The molecular weight excluding hydrogens is 532 g/mol. The zero-order chi connectivity index (χ0) is 29.8. The molecule has 2 aromatic carbocycles. The van der Waals surface area contributed by atoms with E-state index in [2.05, 4.69) is 26.6 Å². The van der Waals surface area contributed by atoms with Gasteiger partial charge in [-0.05, 0) is 98.4 Å². The lowest BCUT2D eigenvalue weighted by Crippen LogP contribution is -2.46. The number of hydrogen-bond acceptors (Lipinski definition) is 7. The molecular formula is C31H34N8O3. The summed E-state index contributed by atoms with van der Waals surface area (Å²) >= 11 is 0. The van der Waals surface area contributed by atoms with Gasteiger partial charge in [0.1, 0.15) is 17.7 Å². The van der Waals surface area contributed by atoms with Crippen LogP contribution in [-0.4, -0.2) is 62.5 Å². The Labute approximate surface area is 243 Å². The molecule has 2 fully saturated rings. The van der Waals surface area contributed by atoms with E-state index in [1.54, 1.807) is 17.0 Å². The van der Waals surface area contributed by atoms with E-state index in [-0.39, 0.29) is 30.6 Å². The van der Waals surface area contributed by atoms with Crippen LogP contribution >= 0.6 is 0 Å². The third-order valence-electron chi connectivity index (χ3n) is 9.12. The van der Waals surface area contributed by atoms with E-state index >= 15 is 0 Å². The van der Waals surface area contributed by atoms with Gasteiger partial charge < -0.3 is 26.7 Å². The maximum atomic E-state index is 13.3. The molecule has 2 aliphatic carbocycles. The number of H-pyrrole nitrogens is 1. The number of aryl methyl sites for hydroxylation is 3. The van der Waals surface area contributed by atoms with E-state index in [4.69, 9.17) is 11.5 Å². The summed E-state index contributed by atoms with van der Waals surface area (Å²) in [7, 11) is 0. The Bertz CT molecular complexity index is 1570. The lowest BCUT2D eigenvalue weighted by molar-refractivity contribution is -0.131. The van der Waals surface area contributed by atoms with Crippen molar-refractivity contribution in [2.75, 3.05) is 6.54 Å². The van der Waals surface area contributed by atoms with Crippen LogP contribution in [0.4, 0.5) is 0 Å². The van der Waals surface area contributed by atoms with Crippen molar-refractivity contribution in [1.29, 1.82) is 5.26 Å². The molecule has 6 rings (SSSR count). The van der Waals surface area contributed by atoms with E-state index in [9.17, 15) is 19.6 Å². The number of nitrogens with zero attached hydrogens (tertiary/aromatic N) is 4. The van der Waals surface area contributed by atoms with Crippen LogP contribution in [0.15, 0.2) is 36.4 Å². The number of aromatic amines is 1. The fourth-order valence-corrected chi connectivity index (χ4v) is 7.08. The molecule has 0 radical (unpaired) electrons. The highest BCUT2D eigenvalue weighted by Gasteiger charge is 2.54. The van der Waals surface area contributed by atoms with Crippen LogP contribution in [0.3, 0.4) is 0 Å². The highest BCUT2D eigenvalue weighted by Crippen LogP contribution is 2.48. The topological polar surface area (TPSA) is 184 Å². The molecule has 4 atom stereocenters. The van der Waals surface area contributed by atoms with Gasteiger partial charge in [0.05, 0.1) is 18.0 Å². The number of carbonyl (C=O) groups excluding carboxylic acids is 3. The number of nitrogens with two attached hydrogens (primary N) is 2. The van der Waals surface area contributed by atoms with Gasteiger partial charge in [-0.25, -0.2) is 0 Å². The molecule has 1 saturated carbocycles. The Balaban J connectivity index is 1.42. The molecule has 3 amide bonds. The van der Waals surface area contributed by atoms with Crippen molar-refractivity contribution in [3.63, 3.8) is 0 Å². The van der Waals surface area contributed by atoms with Gasteiger partial charge in [0.15, 0.2) is 0 Å². The number of hydrogen-bond donors (Lipinski definition) is 4. The molecule has 11 nitrogen and oxygen atoms in total.